The van der Waals surface area contributed by atoms with E-state index in [2.05, 4.69) is 10.6 Å². The molecule has 0 aliphatic carbocycles. The molecular weight excluding hydrogens is 528 g/mol. The molecule has 0 aliphatic rings. The molecule has 0 aliphatic heterocycles. The van der Waals surface area contributed by atoms with E-state index < -0.39 is 42.1 Å². The number of hydrogen-bond donors (Lipinski definition) is 2. The van der Waals surface area contributed by atoms with E-state index in [0.717, 1.165) is 5.56 Å². The summed E-state index contributed by atoms with van der Waals surface area (Å²) in [7, 11) is 0. The molecule has 0 saturated heterocycles. The zero-order valence-corrected chi connectivity index (χ0v) is 23.7. The van der Waals surface area contributed by atoms with Gasteiger partial charge in [0, 0.05) is 17.1 Å². The summed E-state index contributed by atoms with van der Waals surface area (Å²) in [5, 5.41) is 5.76. The Bertz CT molecular complexity index is 1140. The summed E-state index contributed by atoms with van der Waals surface area (Å²) in [6.45, 7) is 9.32. The average Bonchev–Trinajstić information content (AvgIpc) is 2.83. The first kappa shape index (κ1) is 31.4. The van der Waals surface area contributed by atoms with Crippen molar-refractivity contribution < 1.29 is 38.1 Å². The lowest BCUT2D eigenvalue weighted by Crippen LogP contribution is -2.43. The number of nitrogens with one attached hydrogen (secondary N) is 2. The van der Waals surface area contributed by atoms with Gasteiger partial charge in [0.25, 0.3) is 5.91 Å². The lowest BCUT2D eigenvalue weighted by molar-refractivity contribution is -0.178. The number of rotatable bonds is 11. The molecule has 0 aromatic heterocycles. The van der Waals surface area contributed by atoms with Crippen molar-refractivity contribution in [1.82, 2.24) is 10.6 Å². The zero-order chi connectivity index (χ0) is 29.2. The predicted octanol–water partition coefficient (Wildman–Crippen LogP) is 4.43. The van der Waals surface area contributed by atoms with Gasteiger partial charge in [0.1, 0.15) is 17.4 Å². The van der Waals surface area contributed by atoms with Crippen molar-refractivity contribution in [2.75, 3.05) is 13.3 Å². The highest BCUT2D eigenvalue weighted by Gasteiger charge is 2.32. The molecule has 0 saturated carbocycles. The van der Waals surface area contributed by atoms with Gasteiger partial charge in [-0.05, 0) is 89.9 Å². The largest absolute Gasteiger partial charge is 0.476 e. The topological polar surface area (TPSA) is 129 Å². The minimum atomic E-state index is -1.37. The third-order valence-corrected chi connectivity index (χ3v) is 5.32. The molecule has 212 valence electrons. The second-order valence-corrected chi connectivity index (χ2v) is 10.6. The first-order valence-electron chi connectivity index (χ1n) is 12.3. The van der Waals surface area contributed by atoms with E-state index >= 15 is 0 Å². The third kappa shape index (κ3) is 11.2. The van der Waals surface area contributed by atoms with Crippen LogP contribution in [0.4, 0.5) is 4.79 Å². The van der Waals surface area contributed by atoms with Crippen molar-refractivity contribution in [3.8, 4) is 5.75 Å². The van der Waals surface area contributed by atoms with Crippen LogP contribution in [0.2, 0.25) is 5.02 Å². The van der Waals surface area contributed by atoms with Gasteiger partial charge >= 0.3 is 18.0 Å². The molecule has 2 amide bonds. The number of benzene rings is 2. The normalized spacial score (nSPS) is 12.1. The minimum Gasteiger partial charge on any atom is -0.476 e. The van der Waals surface area contributed by atoms with Crippen LogP contribution in [0.5, 0.6) is 5.75 Å². The van der Waals surface area contributed by atoms with Crippen LogP contribution in [0.15, 0.2) is 48.5 Å². The van der Waals surface area contributed by atoms with E-state index in [4.69, 9.17) is 30.5 Å². The number of amides is 2. The Balaban J connectivity index is 1.75. The SMILES string of the molecule is C[C@H](NC(=O)OC(C)(C)C)C(=O)OCOC(=O)C(C)(C)Oc1ccc(CCNC(=O)c2ccc(Cl)cc2)cc1. The van der Waals surface area contributed by atoms with Gasteiger partial charge in [-0.3, -0.25) is 4.79 Å². The lowest BCUT2D eigenvalue weighted by atomic mass is 10.1. The summed E-state index contributed by atoms with van der Waals surface area (Å²) in [6.07, 6.45) is -0.176. The molecule has 0 radical (unpaired) electrons. The van der Waals surface area contributed by atoms with Crippen LogP contribution in [0.3, 0.4) is 0 Å². The Hall–Kier alpha value is -3.79. The summed E-state index contributed by atoms with van der Waals surface area (Å²) in [5.41, 5.74) is -0.606. The van der Waals surface area contributed by atoms with Gasteiger partial charge in [-0.15, -0.1) is 0 Å². The Morgan fingerprint density at radius 2 is 1.51 bits per heavy atom. The smallest absolute Gasteiger partial charge is 0.408 e. The van der Waals surface area contributed by atoms with E-state index in [9.17, 15) is 19.2 Å². The highest BCUT2D eigenvalue weighted by atomic mass is 35.5. The molecule has 39 heavy (non-hydrogen) atoms. The Kier molecular flexibility index (Phi) is 11.2. The van der Waals surface area contributed by atoms with Gasteiger partial charge in [0.15, 0.2) is 5.60 Å². The molecule has 0 fully saturated rings. The first-order valence-corrected chi connectivity index (χ1v) is 12.7. The van der Waals surface area contributed by atoms with Crippen molar-refractivity contribution >= 4 is 35.5 Å². The fraction of sp³-hybridized carbons (Fsp3) is 0.429. The van der Waals surface area contributed by atoms with Crippen LogP contribution < -0.4 is 15.4 Å². The number of halogens is 1. The maximum atomic E-state index is 12.5. The standard InChI is InChI=1S/C28H35ClN2O8/c1-18(31-26(35)39-27(2,3)4)24(33)36-17-37-25(34)28(5,6)38-22-13-7-19(8-14-22)15-16-30-23(32)20-9-11-21(29)12-10-20/h7-14,18H,15-17H2,1-6H3,(H,30,32)(H,31,35)/t18-/m0/s1. The number of ether oxygens (including phenoxy) is 4. The molecule has 0 spiro atoms. The van der Waals surface area contributed by atoms with Crippen molar-refractivity contribution in [3.63, 3.8) is 0 Å². The molecule has 2 N–H and O–H groups in total. The second-order valence-electron chi connectivity index (χ2n) is 10.2. The van der Waals surface area contributed by atoms with Crippen LogP contribution in [-0.4, -0.2) is 54.5 Å². The molecule has 0 bridgehead atoms. The summed E-state index contributed by atoms with van der Waals surface area (Å²) >= 11 is 5.84. The van der Waals surface area contributed by atoms with Gasteiger partial charge in [-0.2, -0.15) is 0 Å². The van der Waals surface area contributed by atoms with Gasteiger partial charge in [0.05, 0.1) is 0 Å². The van der Waals surface area contributed by atoms with Crippen LogP contribution in [0, 0.1) is 0 Å². The number of carbonyl (C=O) groups excluding carboxylic acids is 4. The monoisotopic (exact) mass is 562 g/mol. The maximum Gasteiger partial charge on any atom is 0.408 e. The summed E-state index contributed by atoms with van der Waals surface area (Å²) < 4.78 is 20.8. The zero-order valence-electron chi connectivity index (χ0n) is 23.0. The lowest BCUT2D eigenvalue weighted by Gasteiger charge is -2.24. The van der Waals surface area contributed by atoms with Crippen molar-refractivity contribution in [3.05, 3.63) is 64.7 Å². The van der Waals surface area contributed by atoms with E-state index in [0.29, 0.717) is 29.3 Å². The summed E-state index contributed by atoms with van der Waals surface area (Å²) in [4.78, 5) is 48.5. The average molecular weight is 563 g/mol. The van der Waals surface area contributed by atoms with Crippen molar-refractivity contribution in [2.45, 2.75) is 65.2 Å². The van der Waals surface area contributed by atoms with Crippen LogP contribution >= 0.6 is 11.6 Å². The quantitative estimate of drug-likeness (QED) is 0.304. The van der Waals surface area contributed by atoms with Gasteiger partial charge < -0.3 is 29.6 Å². The summed E-state index contributed by atoms with van der Waals surface area (Å²) in [5.74, 6) is -1.31. The number of carbonyl (C=O) groups is 4. The molecule has 2 aromatic carbocycles. The number of hydrogen-bond acceptors (Lipinski definition) is 8. The third-order valence-electron chi connectivity index (χ3n) is 5.07. The fourth-order valence-electron chi connectivity index (χ4n) is 3.07. The van der Waals surface area contributed by atoms with Crippen LogP contribution in [0.25, 0.3) is 0 Å². The highest BCUT2D eigenvalue weighted by molar-refractivity contribution is 6.30. The molecule has 2 aromatic rings. The van der Waals surface area contributed by atoms with Gasteiger partial charge in [0.2, 0.25) is 6.79 Å². The fourth-order valence-corrected chi connectivity index (χ4v) is 3.19. The van der Waals surface area contributed by atoms with Crippen LogP contribution in [0.1, 0.15) is 57.5 Å². The second kappa shape index (κ2) is 13.8. The Morgan fingerprint density at radius 1 is 0.897 bits per heavy atom. The van der Waals surface area contributed by atoms with Crippen molar-refractivity contribution in [2.24, 2.45) is 0 Å². The number of alkyl carbamates (subject to hydrolysis) is 1. The van der Waals surface area contributed by atoms with Gasteiger partial charge in [-0.1, -0.05) is 23.7 Å². The molecule has 0 heterocycles. The maximum absolute atomic E-state index is 12.5. The first-order chi connectivity index (χ1) is 18.2. The van der Waals surface area contributed by atoms with Crippen LogP contribution in [-0.2, 0) is 30.2 Å². The highest BCUT2D eigenvalue weighted by Crippen LogP contribution is 2.20. The molecule has 11 heteroatoms. The Morgan fingerprint density at radius 3 is 2.10 bits per heavy atom. The van der Waals surface area contributed by atoms with E-state index in [1.807, 2.05) is 12.1 Å². The van der Waals surface area contributed by atoms with Crippen molar-refractivity contribution in [1.29, 1.82) is 0 Å². The van der Waals surface area contributed by atoms with Gasteiger partial charge in [-0.25, -0.2) is 14.4 Å². The molecule has 2 rings (SSSR count). The predicted molar refractivity (Wildman–Crippen MR) is 145 cm³/mol. The van der Waals surface area contributed by atoms with E-state index in [-0.39, 0.29) is 5.91 Å². The molecule has 0 unspecified atom stereocenters. The summed E-state index contributed by atoms with van der Waals surface area (Å²) in [6, 6.07) is 12.7. The number of esters is 2. The minimum absolute atomic E-state index is 0.189. The van der Waals surface area contributed by atoms with E-state index in [1.165, 1.54) is 20.8 Å². The molecule has 1 atom stereocenters. The molecule has 10 nitrogen and oxygen atoms in total. The Labute approximate surface area is 233 Å². The molecular formula is C28H35ClN2O8. The van der Waals surface area contributed by atoms with E-state index in [1.54, 1.807) is 57.2 Å².